The molecule has 3 heterocycles. The Morgan fingerprint density at radius 3 is 2.64 bits per heavy atom. The summed E-state index contributed by atoms with van der Waals surface area (Å²) >= 11 is 0. The molecular weight excluding hydrogens is 381 g/mol. The van der Waals surface area contributed by atoms with E-state index >= 15 is 0 Å². The fourth-order valence-electron chi connectivity index (χ4n) is 3.05. The Labute approximate surface area is 163 Å². The molecule has 7 nitrogen and oxygen atoms in total. The molecule has 2 aromatic rings. The molecule has 0 amide bonds. The number of nitrogens with two attached hydrogens (primary N) is 1. The first-order valence-electron chi connectivity index (χ1n) is 8.62. The Morgan fingerprint density at radius 1 is 1.32 bits per heavy atom. The zero-order valence-electron chi connectivity index (χ0n) is 16.0. The number of aliphatic imine (C=N–C) groups is 1. The van der Waals surface area contributed by atoms with Gasteiger partial charge in [-0.05, 0) is 54.4 Å². The highest BCUT2D eigenvalue weighted by Gasteiger charge is 2.46. The van der Waals surface area contributed by atoms with Crippen molar-refractivity contribution in [2.45, 2.75) is 37.5 Å². The number of carbonyl (C=O) groups excluding carboxylic acids is 1. The molecule has 0 bridgehead atoms. The van der Waals surface area contributed by atoms with E-state index in [-0.39, 0.29) is 35.2 Å². The van der Waals surface area contributed by atoms with Crippen molar-refractivity contribution in [3.8, 4) is 0 Å². The summed E-state index contributed by atoms with van der Waals surface area (Å²) in [5.74, 6) is 3.11. The molecular formula is C19H22FN5O2S. The van der Waals surface area contributed by atoms with Gasteiger partial charge in [0.05, 0.1) is 11.2 Å². The molecule has 148 valence electrons. The van der Waals surface area contributed by atoms with Crippen molar-refractivity contribution in [3.05, 3.63) is 53.6 Å². The van der Waals surface area contributed by atoms with Crippen LogP contribution in [0.15, 0.2) is 35.7 Å². The number of Topliss-reactive ketones (excluding diaryl/α,β-unsaturated/α-hetero) is 1. The van der Waals surface area contributed by atoms with Gasteiger partial charge < -0.3 is 5.73 Å². The second kappa shape index (κ2) is 6.73. The first kappa shape index (κ1) is 20.1. The molecule has 3 rings (SSSR count). The molecule has 1 unspecified atom stereocenters. The van der Waals surface area contributed by atoms with E-state index in [0.29, 0.717) is 5.69 Å². The normalized spacial score (nSPS) is 26.5. The van der Waals surface area contributed by atoms with Gasteiger partial charge in [0, 0.05) is 17.6 Å². The van der Waals surface area contributed by atoms with Crippen LogP contribution >= 0.6 is 0 Å². The van der Waals surface area contributed by atoms with Crippen molar-refractivity contribution in [1.29, 1.82) is 0 Å². The summed E-state index contributed by atoms with van der Waals surface area (Å²) in [4.78, 5) is 28.8. The Kier molecular flexibility index (Phi) is 4.82. The summed E-state index contributed by atoms with van der Waals surface area (Å²) in [5, 5.41) is 0. The first-order chi connectivity index (χ1) is 13.0. The van der Waals surface area contributed by atoms with E-state index in [2.05, 4.69) is 25.8 Å². The lowest BCUT2D eigenvalue weighted by Crippen LogP contribution is -2.55. The van der Waals surface area contributed by atoms with Crippen molar-refractivity contribution in [3.63, 3.8) is 0 Å². The van der Waals surface area contributed by atoms with Crippen LogP contribution in [0.3, 0.4) is 0 Å². The third-order valence-corrected chi connectivity index (χ3v) is 8.15. The fraction of sp³-hybridized carbons (Fsp3) is 0.368. The van der Waals surface area contributed by atoms with Crippen molar-refractivity contribution < 1.29 is 13.4 Å². The number of rotatable bonds is 4. The molecule has 28 heavy (non-hydrogen) atoms. The van der Waals surface area contributed by atoms with E-state index in [1.807, 2.05) is 0 Å². The lowest BCUT2D eigenvalue weighted by Gasteiger charge is -2.40. The molecule has 0 spiro atoms. The van der Waals surface area contributed by atoms with Crippen LogP contribution in [0.5, 0.6) is 0 Å². The van der Waals surface area contributed by atoms with Crippen LogP contribution in [0.4, 0.5) is 4.39 Å². The molecule has 0 fully saturated rings. The number of hydrogen-bond acceptors (Lipinski definition) is 7. The minimum absolute atomic E-state index is 0.000923. The van der Waals surface area contributed by atoms with E-state index in [1.165, 1.54) is 30.7 Å². The van der Waals surface area contributed by atoms with Gasteiger partial charge in [0.1, 0.15) is 34.9 Å². The third kappa shape index (κ3) is 3.42. The SMILES string of the molecule is C=S1(=O)C[C@@](C)(c2nc(CC(=O)c3ccncn3)ccc2F)N=C(N)C1(C)C. The maximum absolute atomic E-state index is 14.6. The Bertz CT molecular complexity index is 1070. The highest BCUT2D eigenvalue weighted by Crippen LogP contribution is 2.37. The molecule has 1 aliphatic heterocycles. The van der Waals surface area contributed by atoms with E-state index in [1.54, 1.807) is 20.8 Å². The summed E-state index contributed by atoms with van der Waals surface area (Å²) in [6.45, 7) is 5.05. The predicted molar refractivity (Wildman–Crippen MR) is 107 cm³/mol. The monoisotopic (exact) mass is 403 g/mol. The van der Waals surface area contributed by atoms with E-state index in [9.17, 15) is 13.4 Å². The molecule has 2 aromatic heterocycles. The molecule has 1 aliphatic rings. The number of amidine groups is 1. The number of pyridine rings is 1. The van der Waals surface area contributed by atoms with Gasteiger partial charge in [-0.25, -0.2) is 14.4 Å². The zero-order chi connectivity index (χ0) is 20.7. The first-order valence-corrected chi connectivity index (χ1v) is 10.5. The highest BCUT2D eigenvalue weighted by molar-refractivity contribution is 8.02. The summed E-state index contributed by atoms with van der Waals surface area (Å²) in [7, 11) is -2.71. The summed E-state index contributed by atoms with van der Waals surface area (Å²) < 4.78 is 26.9. The largest absolute Gasteiger partial charge is 0.386 e. The Hall–Kier alpha value is -2.68. The van der Waals surface area contributed by atoms with Crippen LogP contribution in [-0.4, -0.2) is 47.1 Å². The third-order valence-electron chi connectivity index (χ3n) is 5.05. The van der Waals surface area contributed by atoms with Crippen LogP contribution in [0, 0.1) is 5.82 Å². The maximum atomic E-state index is 14.6. The Morgan fingerprint density at radius 2 is 2.04 bits per heavy atom. The minimum atomic E-state index is -2.71. The lowest BCUT2D eigenvalue weighted by atomic mass is 9.97. The number of aromatic nitrogens is 3. The molecule has 2 atom stereocenters. The fourth-order valence-corrected chi connectivity index (χ4v) is 4.95. The average molecular weight is 403 g/mol. The van der Waals surface area contributed by atoms with Gasteiger partial charge in [0.2, 0.25) is 0 Å². The van der Waals surface area contributed by atoms with Gasteiger partial charge in [-0.2, -0.15) is 0 Å². The number of ketones is 1. The van der Waals surface area contributed by atoms with Gasteiger partial charge in [0.25, 0.3) is 0 Å². The van der Waals surface area contributed by atoms with E-state index < -0.39 is 25.6 Å². The highest BCUT2D eigenvalue weighted by atomic mass is 32.2. The van der Waals surface area contributed by atoms with Crippen LogP contribution in [-0.2, 0) is 21.5 Å². The topological polar surface area (TPSA) is 111 Å². The summed E-state index contributed by atoms with van der Waals surface area (Å²) in [6.07, 6.45) is 2.69. The number of nitrogens with zero attached hydrogens (tertiary/aromatic N) is 4. The van der Waals surface area contributed by atoms with Crippen LogP contribution in [0.2, 0.25) is 0 Å². The number of hydrogen-bond donors (Lipinski definition) is 1. The van der Waals surface area contributed by atoms with Gasteiger partial charge in [0.15, 0.2) is 5.78 Å². The lowest BCUT2D eigenvalue weighted by molar-refractivity contribution is 0.0986. The van der Waals surface area contributed by atoms with Crippen LogP contribution in [0.25, 0.3) is 0 Å². The maximum Gasteiger partial charge on any atom is 0.187 e. The zero-order valence-corrected chi connectivity index (χ0v) is 16.8. The molecule has 0 radical (unpaired) electrons. The van der Waals surface area contributed by atoms with Gasteiger partial charge >= 0.3 is 0 Å². The van der Waals surface area contributed by atoms with Gasteiger partial charge in [-0.1, -0.05) is 0 Å². The van der Waals surface area contributed by atoms with Crippen molar-refractivity contribution >= 4 is 27.0 Å². The quantitative estimate of drug-likeness (QED) is 0.612. The standard InChI is InChI=1S/C19H22FN5O2S/c1-18(2)17(21)25-19(3,10-28(18,4)27)16-13(20)6-5-12(24-16)9-15(26)14-7-8-22-11-23-14/h5-8,11H,4,9-10H2,1-3H3,(H2,21,25)/t19-,28?/m0/s1. The van der Waals surface area contributed by atoms with Crippen molar-refractivity contribution in [2.24, 2.45) is 10.7 Å². The van der Waals surface area contributed by atoms with Gasteiger partial charge in [-0.3, -0.25) is 19.0 Å². The van der Waals surface area contributed by atoms with Crippen molar-refractivity contribution in [1.82, 2.24) is 15.0 Å². The number of halogens is 1. The molecule has 0 aromatic carbocycles. The summed E-state index contributed by atoms with van der Waals surface area (Å²) in [6, 6.07) is 4.16. The van der Waals surface area contributed by atoms with Crippen LogP contribution in [0.1, 0.15) is 42.6 Å². The Balaban J connectivity index is 2.00. The molecule has 0 saturated carbocycles. The minimum Gasteiger partial charge on any atom is -0.386 e. The molecule has 2 N–H and O–H groups in total. The second-order valence-electron chi connectivity index (χ2n) is 7.56. The second-order valence-corrected chi connectivity index (χ2v) is 10.5. The smallest absolute Gasteiger partial charge is 0.187 e. The van der Waals surface area contributed by atoms with E-state index in [4.69, 9.17) is 5.73 Å². The van der Waals surface area contributed by atoms with Crippen LogP contribution < -0.4 is 5.73 Å². The van der Waals surface area contributed by atoms with Gasteiger partial charge in [-0.15, -0.1) is 0 Å². The van der Waals surface area contributed by atoms with E-state index in [0.717, 1.165) is 0 Å². The average Bonchev–Trinajstić information content (AvgIpc) is 2.62. The number of carbonyl (C=O) groups is 1. The summed E-state index contributed by atoms with van der Waals surface area (Å²) in [5.41, 5.74) is 5.42. The predicted octanol–water partition coefficient (Wildman–Crippen LogP) is 1.52. The molecule has 0 saturated heterocycles. The molecule has 9 heteroatoms. The molecule has 0 aliphatic carbocycles. The van der Waals surface area contributed by atoms with Crippen molar-refractivity contribution in [2.75, 3.05) is 5.75 Å².